The SMILES string of the molecule is CC(=O)N1CCOC(Cc2c(-c3ccc(N4CCCC4=O)cc3C)nc3cc(C)ccn23)C1. The van der Waals surface area contributed by atoms with E-state index in [2.05, 4.69) is 48.7 Å². The molecule has 0 spiro atoms. The lowest BCUT2D eigenvalue weighted by molar-refractivity contribution is -0.136. The Balaban J connectivity index is 1.54. The first-order valence-corrected chi connectivity index (χ1v) is 11.7. The number of pyridine rings is 1. The van der Waals surface area contributed by atoms with Gasteiger partial charge >= 0.3 is 0 Å². The average molecular weight is 447 g/mol. The Labute approximate surface area is 194 Å². The summed E-state index contributed by atoms with van der Waals surface area (Å²) in [6.07, 6.45) is 4.18. The molecular formula is C26H30N4O3. The Morgan fingerprint density at radius 3 is 2.76 bits per heavy atom. The second-order valence-electron chi connectivity index (χ2n) is 9.15. The molecule has 2 aliphatic rings. The Morgan fingerprint density at radius 1 is 1.18 bits per heavy atom. The van der Waals surface area contributed by atoms with Gasteiger partial charge in [0.2, 0.25) is 11.8 Å². The number of aryl methyl sites for hydroxylation is 2. The van der Waals surface area contributed by atoms with Crippen LogP contribution >= 0.6 is 0 Å². The van der Waals surface area contributed by atoms with Crippen LogP contribution in [0.2, 0.25) is 0 Å². The zero-order valence-electron chi connectivity index (χ0n) is 19.5. The predicted octanol–water partition coefficient (Wildman–Crippen LogP) is 3.53. The number of morpholine rings is 1. The number of ether oxygens (including phenoxy) is 1. The van der Waals surface area contributed by atoms with Gasteiger partial charge in [0.1, 0.15) is 5.65 Å². The van der Waals surface area contributed by atoms with Crippen LogP contribution in [0.1, 0.15) is 36.6 Å². The summed E-state index contributed by atoms with van der Waals surface area (Å²) < 4.78 is 8.18. The van der Waals surface area contributed by atoms with Gasteiger partial charge in [-0.3, -0.25) is 9.59 Å². The van der Waals surface area contributed by atoms with Crippen LogP contribution in [-0.2, 0) is 20.7 Å². The van der Waals surface area contributed by atoms with Gasteiger partial charge in [0.15, 0.2) is 0 Å². The van der Waals surface area contributed by atoms with Crippen molar-refractivity contribution in [1.29, 1.82) is 0 Å². The smallest absolute Gasteiger partial charge is 0.227 e. The van der Waals surface area contributed by atoms with Crippen molar-refractivity contribution in [2.45, 2.75) is 46.1 Å². The minimum absolute atomic E-state index is 0.0793. The molecule has 2 saturated heterocycles. The van der Waals surface area contributed by atoms with Gasteiger partial charge in [-0.2, -0.15) is 0 Å². The van der Waals surface area contributed by atoms with E-state index in [0.29, 0.717) is 32.5 Å². The first kappa shape index (κ1) is 21.6. The molecule has 1 atom stereocenters. The fraction of sp³-hybridized carbons (Fsp3) is 0.423. The highest BCUT2D eigenvalue weighted by Gasteiger charge is 2.27. The second-order valence-corrected chi connectivity index (χ2v) is 9.15. The van der Waals surface area contributed by atoms with Gasteiger partial charge in [0, 0.05) is 56.8 Å². The number of rotatable bonds is 4. The first-order valence-electron chi connectivity index (χ1n) is 11.7. The van der Waals surface area contributed by atoms with Crippen molar-refractivity contribution in [2.24, 2.45) is 0 Å². The summed E-state index contributed by atoms with van der Waals surface area (Å²) >= 11 is 0. The lowest BCUT2D eigenvalue weighted by Crippen LogP contribution is -2.45. The molecule has 3 aromatic rings. The van der Waals surface area contributed by atoms with E-state index in [1.54, 1.807) is 6.92 Å². The molecule has 1 aromatic carbocycles. The number of carbonyl (C=O) groups excluding carboxylic acids is 2. The number of aromatic nitrogens is 2. The molecule has 0 aliphatic carbocycles. The lowest BCUT2D eigenvalue weighted by atomic mass is 10.0. The minimum Gasteiger partial charge on any atom is -0.374 e. The summed E-state index contributed by atoms with van der Waals surface area (Å²) in [5, 5.41) is 0. The predicted molar refractivity (Wildman–Crippen MR) is 127 cm³/mol. The third-order valence-corrected chi connectivity index (χ3v) is 6.74. The van der Waals surface area contributed by atoms with E-state index >= 15 is 0 Å². The lowest BCUT2D eigenvalue weighted by Gasteiger charge is -2.32. The Kier molecular flexibility index (Phi) is 5.66. The zero-order valence-corrected chi connectivity index (χ0v) is 19.5. The van der Waals surface area contributed by atoms with Crippen molar-refractivity contribution in [2.75, 3.05) is 31.1 Å². The van der Waals surface area contributed by atoms with Crippen LogP contribution in [0.4, 0.5) is 5.69 Å². The van der Waals surface area contributed by atoms with Crippen molar-refractivity contribution in [3.63, 3.8) is 0 Å². The van der Waals surface area contributed by atoms with E-state index in [1.807, 2.05) is 15.9 Å². The molecule has 5 rings (SSSR count). The van der Waals surface area contributed by atoms with Crippen LogP contribution in [0.3, 0.4) is 0 Å². The number of fused-ring (bicyclic) bond motifs is 1. The number of anilines is 1. The molecule has 0 bridgehead atoms. The van der Waals surface area contributed by atoms with E-state index in [1.165, 1.54) is 0 Å². The first-order chi connectivity index (χ1) is 15.9. The fourth-order valence-corrected chi connectivity index (χ4v) is 4.96. The monoisotopic (exact) mass is 446 g/mol. The molecule has 0 N–H and O–H groups in total. The Bertz CT molecular complexity index is 1230. The highest BCUT2D eigenvalue weighted by Crippen LogP contribution is 2.33. The van der Waals surface area contributed by atoms with Crippen LogP contribution in [0.15, 0.2) is 36.5 Å². The molecule has 7 nitrogen and oxygen atoms in total. The van der Waals surface area contributed by atoms with Gasteiger partial charge in [-0.25, -0.2) is 4.98 Å². The summed E-state index contributed by atoms with van der Waals surface area (Å²) in [6, 6.07) is 10.4. The number of hydrogen-bond donors (Lipinski definition) is 0. The largest absolute Gasteiger partial charge is 0.374 e. The quantitative estimate of drug-likeness (QED) is 0.615. The third-order valence-electron chi connectivity index (χ3n) is 6.74. The van der Waals surface area contributed by atoms with Crippen molar-refractivity contribution >= 4 is 23.1 Å². The van der Waals surface area contributed by atoms with Crippen LogP contribution in [-0.4, -0.2) is 58.4 Å². The maximum absolute atomic E-state index is 12.2. The van der Waals surface area contributed by atoms with E-state index < -0.39 is 0 Å². The molecule has 2 aliphatic heterocycles. The molecule has 4 heterocycles. The summed E-state index contributed by atoms with van der Waals surface area (Å²) in [5.74, 6) is 0.274. The van der Waals surface area contributed by atoms with E-state index in [4.69, 9.17) is 9.72 Å². The maximum atomic E-state index is 12.2. The highest BCUT2D eigenvalue weighted by atomic mass is 16.5. The average Bonchev–Trinajstić information content (AvgIpc) is 3.37. The fourth-order valence-electron chi connectivity index (χ4n) is 4.96. The molecule has 33 heavy (non-hydrogen) atoms. The third kappa shape index (κ3) is 4.13. The van der Waals surface area contributed by atoms with Crippen LogP contribution in [0.25, 0.3) is 16.9 Å². The number of benzene rings is 1. The number of carbonyl (C=O) groups is 2. The molecule has 172 valence electrons. The topological polar surface area (TPSA) is 67.2 Å². The molecule has 2 aromatic heterocycles. The van der Waals surface area contributed by atoms with E-state index in [9.17, 15) is 9.59 Å². The second kappa shape index (κ2) is 8.63. The molecular weight excluding hydrogens is 416 g/mol. The van der Waals surface area contributed by atoms with Gasteiger partial charge in [0.25, 0.3) is 0 Å². The van der Waals surface area contributed by atoms with Crippen molar-refractivity contribution < 1.29 is 14.3 Å². The normalized spacial score (nSPS) is 19.0. The zero-order chi connectivity index (χ0) is 23.1. The van der Waals surface area contributed by atoms with Gasteiger partial charge in [-0.1, -0.05) is 6.07 Å². The van der Waals surface area contributed by atoms with E-state index in [-0.39, 0.29) is 17.9 Å². The maximum Gasteiger partial charge on any atom is 0.227 e. The molecule has 7 heteroatoms. The number of nitrogens with zero attached hydrogens (tertiary/aromatic N) is 4. The van der Waals surface area contributed by atoms with Crippen LogP contribution in [0, 0.1) is 13.8 Å². The minimum atomic E-state index is -0.0793. The Hall–Kier alpha value is -3.19. The number of imidazole rings is 1. The van der Waals surface area contributed by atoms with Crippen molar-refractivity contribution in [1.82, 2.24) is 14.3 Å². The van der Waals surface area contributed by atoms with Crippen LogP contribution in [0.5, 0.6) is 0 Å². The molecule has 1 unspecified atom stereocenters. The van der Waals surface area contributed by atoms with Gasteiger partial charge in [-0.15, -0.1) is 0 Å². The molecule has 0 radical (unpaired) electrons. The summed E-state index contributed by atoms with van der Waals surface area (Å²) in [7, 11) is 0. The number of amides is 2. The highest BCUT2D eigenvalue weighted by molar-refractivity contribution is 5.95. The van der Waals surface area contributed by atoms with E-state index in [0.717, 1.165) is 52.4 Å². The Morgan fingerprint density at radius 2 is 2.03 bits per heavy atom. The molecule has 0 saturated carbocycles. The van der Waals surface area contributed by atoms with Gasteiger partial charge in [0.05, 0.1) is 24.1 Å². The summed E-state index contributed by atoms with van der Waals surface area (Å²) in [4.78, 5) is 32.9. The molecule has 2 amide bonds. The standard InChI is InChI=1S/C26H30N4O3/c1-17-8-10-30-23(15-21-16-28(19(3)31)11-12-33-21)26(27-24(30)13-17)22-7-6-20(14-18(22)2)29-9-4-5-25(29)32/h6-8,10,13-14,21H,4-5,9,11-12,15-16H2,1-3H3. The molecule has 2 fully saturated rings. The van der Waals surface area contributed by atoms with Gasteiger partial charge in [-0.05, 0) is 55.7 Å². The summed E-state index contributed by atoms with van der Waals surface area (Å²) in [5.41, 5.74) is 7.16. The van der Waals surface area contributed by atoms with Crippen molar-refractivity contribution in [3.8, 4) is 11.3 Å². The van der Waals surface area contributed by atoms with Gasteiger partial charge < -0.3 is 18.9 Å². The number of hydrogen-bond acceptors (Lipinski definition) is 4. The van der Waals surface area contributed by atoms with Crippen LogP contribution < -0.4 is 4.90 Å². The van der Waals surface area contributed by atoms with Crippen molar-refractivity contribution in [3.05, 3.63) is 53.3 Å². The summed E-state index contributed by atoms with van der Waals surface area (Å²) in [6.45, 7) is 8.31.